The van der Waals surface area contributed by atoms with Crippen molar-refractivity contribution in [2.75, 3.05) is 0 Å². The quantitative estimate of drug-likeness (QED) is 0.706. The molecule has 0 atom stereocenters. The lowest BCUT2D eigenvalue weighted by Crippen LogP contribution is -1.98. The summed E-state index contributed by atoms with van der Waals surface area (Å²) < 4.78 is 0. The molecule has 2 N–H and O–H groups in total. The van der Waals surface area contributed by atoms with Crippen LogP contribution in [0.1, 0.15) is 13.0 Å². The van der Waals surface area contributed by atoms with E-state index < -0.39 is 5.97 Å². The van der Waals surface area contributed by atoms with E-state index in [-0.39, 0.29) is 19.6 Å². The molecule has 0 aliphatic heterocycles. The van der Waals surface area contributed by atoms with E-state index in [4.69, 9.17) is 10.2 Å². The molecule has 1 aromatic rings. The van der Waals surface area contributed by atoms with Crippen LogP contribution in [-0.4, -0.2) is 16.2 Å². The van der Waals surface area contributed by atoms with E-state index in [2.05, 4.69) is 0 Å². The zero-order valence-corrected chi connectivity index (χ0v) is 5.82. The molecule has 3 nitrogen and oxygen atoms in total. The van der Waals surface area contributed by atoms with Gasteiger partial charge in [-0.3, -0.25) is 4.79 Å². The minimum Gasteiger partial charge on any atom is -0.508 e. The number of rotatable bonds is 2. The van der Waals surface area contributed by atoms with Gasteiger partial charge in [0.05, 0.1) is 6.42 Å². The van der Waals surface area contributed by atoms with Crippen molar-refractivity contribution in [3.63, 3.8) is 0 Å². The Balaban J connectivity index is 0.00000121. The summed E-state index contributed by atoms with van der Waals surface area (Å²) >= 11 is 0. The van der Waals surface area contributed by atoms with Crippen molar-refractivity contribution in [3.05, 3.63) is 29.8 Å². The van der Waals surface area contributed by atoms with Crippen LogP contribution in [0.5, 0.6) is 5.75 Å². The Kier molecular flexibility index (Phi) is 3.83. The third-order valence-corrected chi connectivity index (χ3v) is 1.29. The second kappa shape index (κ2) is 4.38. The highest BCUT2D eigenvalue weighted by molar-refractivity contribution is 5.70. The Labute approximate surface area is 71.3 Å². The third-order valence-electron chi connectivity index (χ3n) is 1.29. The molecule has 0 radical (unpaired) electrons. The van der Waals surface area contributed by atoms with Crippen molar-refractivity contribution in [1.82, 2.24) is 0 Å². The first-order valence-corrected chi connectivity index (χ1v) is 3.18. The summed E-state index contributed by atoms with van der Waals surface area (Å²) in [4.78, 5) is 10.2. The lowest BCUT2D eigenvalue weighted by atomic mass is 10.1. The summed E-state index contributed by atoms with van der Waals surface area (Å²) in [6, 6.07) is 6.11. The molecular weight excluding hydrogens is 156 g/mol. The fourth-order valence-corrected chi connectivity index (χ4v) is 0.788. The molecule has 3 heteroatoms. The average Bonchev–Trinajstić information content (AvgIpc) is 1.93. The number of phenols is 1. The summed E-state index contributed by atoms with van der Waals surface area (Å²) in [5.74, 6) is -0.713. The van der Waals surface area contributed by atoms with Crippen LogP contribution in [0.25, 0.3) is 0 Å². The van der Waals surface area contributed by atoms with Gasteiger partial charge in [0.2, 0.25) is 0 Å². The van der Waals surface area contributed by atoms with Gasteiger partial charge in [0, 0.05) is 0 Å². The highest BCUT2D eigenvalue weighted by atomic mass is 16.4. The molecule has 12 heavy (non-hydrogen) atoms. The maximum Gasteiger partial charge on any atom is 0.307 e. The molecule has 0 aliphatic rings. The van der Waals surface area contributed by atoms with Crippen LogP contribution in [0, 0.1) is 0 Å². The van der Waals surface area contributed by atoms with Gasteiger partial charge in [-0.1, -0.05) is 19.6 Å². The molecule has 0 unspecified atom stereocenters. The zero-order chi connectivity index (χ0) is 8.27. The molecule has 1 aromatic carbocycles. The molecular formula is C9H12O3. The highest BCUT2D eigenvalue weighted by Gasteiger charge is 1.98. The summed E-state index contributed by atoms with van der Waals surface area (Å²) in [5.41, 5.74) is 0.690. The van der Waals surface area contributed by atoms with E-state index >= 15 is 0 Å². The van der Waals surface area contributed by atoms with Crippen LogP contribution in [0.4, 0.5) is 0 Å². The fourth-order valence-electron chi connectivity index (χ4n) is 0.788. The Bertz CT molecular complexity index is 251. The topological polar surface area (TPSA) is 57.5 Å². The van der Waals surface area contributed by atoms with Crippen molar-refractivity contribution >= 4 is 5.97 Å². The van der Waals surface area contributed by atoms with E-state index in [1.54, 1.807) is 12.1 Å². The summed E-state index contributed by atoms with van der Waals surface area (Å²) in [6.45, 7) is 0. The number of phenolic OH excluding ortho intramolecular Hbond substituents is 1. The number of carboxylic acid groups (broad SMARTS) is 1. The number of carbonyl (C=O) groups is 1. The first kappa shape index (κ1) is 10.5. The van der Waals surface area contributed by atoms with Gasteiger partial charge >= 0.3 is 5.97 Å². The molecule has 0 bridgehead atoms. The zero-order valence-electron chi connectivity index (χ0n) is 5.82. The Morgan fingerprint density at radius 3 is 2.17 bits per heavy atom. The molecule has 0 saturated carbocycles. The van der Waals surface area contributed by atoms with Crippen molar-refractivity contribution in [3.8, 4) is 5.75 Å². The van der Waals surface area contributed by atoms with Gasteiger partial charge in [0.25, 0.3) is 0 Å². The predicted octanol–water partition coefficient (Wildman–Crippen LogP) is 1.66. The van der Waals surface area contributed by atoms with Crippen molar-refractivity contribution in [2.45, 2.75) is 13.8 Å². The van der Waals surface area contributed by atoms with Crippen molar-refractivity contribution in [1.29, 1.82) is 0 Å². The molecule has 0 heterocycles. The van der Waals surface area contributed by atoms with Gasteiger partial charge in [0.1, 0.15) is 5.75 Å². The van der Waals surface area contributed by atoms with Gasteiger partial charge < -0.3 is 10.2 Å². The van der Waals surface area contributed by atoms with Crippen LogP contribution in [-0.2, 0) is 11.2 Å². The molecule has 0 spiro atoms. The predicted molar refractivity (Wildman–Crippen MR) is 46.2 cm³/mol. The SMILES string of the molecule is C.O=C(O)Cc1ccc(O)cc1. The Morgan fingerprint density at radius 1 is 1.25 bits per heavy atom. The van der Waals surface area contributed by atoms with Crippen molar-refractivity contribution in [2.24, 2.45) is 0 Å². The van der Waals surface area contributed by atoms with Crippen molar-refractivity contribution < 1.29 is 15.0 Å². The lowest BCUT2D eigenvalue weighted by Gasteiger charge is -1.95. The minimum atomic E-state index is -0.865. The first-order valence-electron chi connectivity index (χ1n) is 3.18. The highest BCUT2D eigenvalue weighted by Crippen LogP contribution is 2.09. The number of benzene rings is 1. The number of aliphatic carboxylic acids is 1. The van der Waals surface area contributed by atoms with Gasteiger partial charge in [-0.15, -0.1) is 0 Å². The van der Waals surface area contributed by atoms with E-state index in [1.807, 2.05) is 0 Å². The molecule has 0 saturated heterocycles. The van der Waals surface area contributed by atoms with Gasteiger partial charge in [0.15, 0.2) is 0 Å². The minimum absolute atomic E-state index is 0. The third kappa shape index (κ3) is 3.05. The average molecular weight is 168 g/mol. The second-order valence-electron chi connectivity index (χ2n) is 2.24. The second-order valence-corrected chi connectivity index (χ2v) is 2.24. The van der Waals surface area contributed by atoms with Crippen LogP contribution in [0.2, 0.25) is 0 Å². The van der Waals surface area contributed by atoms with Gasteiger partial charge in [-0.2, -0.15) is 0 Å². The maximum atomic E-state index is 10.2. The molecule has 0 amide bonds. The van der Waals surface area contributed by atoms with Gasteiger partial charge in [-0.05, 0) is 17.7 Å². The van der Waals surface area contributed by atoms with Crippen LogP contribution < -0.4 is 0 Å². The van der Waals surface area contributed by atoms with Crippen LogP contribution in [0.3, 0.4) is 0 Å². The number of hydrogen-bond acceptors (Lipinski definition) is 2. The lowest BCUT2D eigenvalue weighted by molar-refractivity contribution is -0.136. The molecule has 1 rings (SSSR count). The smallest absolute Gasteiger partial charge is 0.307 e. The number of aromatic hydroxyl groups is 1. The first-order chi connectivity index (χ1) is 5.18. The normalized spacial score (nSPS) is 8.67. The summed E-state index contributed by atoms with van der Waals surface area (Å²) in [5, 5.41) is 17.2. The fraction of sp³-hybridized carbons (Fsp3) is 0.222. The van der Waals surface area contributed by atoms with Crippen LogP contribution in [0.15, 0.2) is 24.3 Å². The molecule has 0 fully saturated rings. The largest absolute Gasteiger partial charge is 0.508 e. The van der Waals surface area contributed by atoms with E-state index in [0.717, 1.165) is 0 Å². The molecule has 0 aliphatic carbocycles. The van der Waals surface area contributed by atoms with E-state index in [1.165, 1.54) is 12.1 Å². The molecule has 66 valence electrons. The van der Waals surface area contributed by atoms with Gasteiger partial charge in [-0.25, -0.2) is 0 Å². The maximum absolute atomic E-state index is 10.2. The summed E-state index contributed by atoms with van der Waals surface area (Å²) in [6.07, 6.45) is 0.000278. The monoisotopic (exact) mass is 168 g/mol. The molecule has 0 aromatic heterocycles. The van der Waals surface area contributed by atoms with E-state index in [9.17, 15) is 4.79 Å². The van der Waals surface area contributed by atoms with Crippen LogP contribution >= 0.6 is 0 Å². The Hall–Kier alpha value is -1.51. The Morgan fingerprint density at radius 2 is 1.75 bits per heavy atom. The standard InChI is InChI=1S/C8H8O3.CH4/c9-7-3-1-6(2-4-7)5-8(10)11;/h1-4,9H,5H2,(H,10,11);1H4. The summed E-state index contributed by atoms with van der Waals surface area (Å²) in [7, 11) is 0. The van der Waals surface area contributed by atoms with E-state index in [0.29, 0.717) is 5.56 Å². The number of carboxylic acids is 1. The number of hydrogen-bond donors (Lipinski definition) is 2.